The van der Waals surface area contributed by atoms with E-state index in [0.717, 1.165) is 16.6 Å². The molecule has 0 radical (unpaired) electrons. The van der Waals surface area contributed by atoms with Gasteiger partial charge in [0.25, 0.3) is 0 Å². The Hall–Kier alpha value is -2.41. The molecule has 21 heavy (non-hydrogen) atoms. The molecule has 3 rings (SSSR count). The van der Waals surface area contributed by atoms with Crippen LogP contribution in [0.4, 0.5) is 11.5 Å². The molecule has 0 bridgehead atoms. The van der Waals surface area contributed by atoms with Crippen LogP contribution in [0.5, 0.6) is 0 Å². The summed E-state index contributed by atoms with van der Waals surface area (Å²) in [5.74, 6) is 0.643. The van der Waals surface area contributed by atoms with E-state index in [1.807, 2.05) is 13.0 Å². The molecule has 7 heteroatoms. The molecule has 2 heterocycles. The first kappa shape index (κ1) is 13.6. The SMILES string of the molecule is Cc1n[nH]c2ccnc(Nc3cccc(S(C)(=O)=O)c3)c12. The molecular formula is C14H14N4O2S. The van der Waals surface area contributed by atoms with Crippen LogP contribution in [0.25, 0.3) is 10.9 Å². The Kier molecular flexibility index (Phi) is 3.13. The van der Waals surface area contributed by atoms with Gasteiger partial charge < -0.3 is 5.32 Å². The summed E-state index contributed by atoms with van der Waals surface area (Å²) < 4.78 is 23.2. The Morgan fingerprint density at radius 3 is 2.81 bits per heavy atom. The second-order valence-electron chi connectivity index (χ2n) is 4.82. The Morgan fingerprint density at radius 2 is 2.05 bits per heavy atom. The average Bonchev–Trinajstić information content (AvgIpc) is 2.81. The van der Waals surface area contributed by atoms with Crippen LogP contribution >= 0.6 is 0 Å². The summed E-state index contributed by atoms with van der Waals surface area (Å²) in [6.07, 6.45) is 2.86. The quantitative estimate of drug-likeness (QED) is 0.775. The van der Waals surface area contributed by atoms with Crippen molar-refractivity contribution in [1.82, 2.24) is 15.2 Å². The standard InChI is InChI=1S/C14H14N4O2S/c1-9-13-12(18-17-9)6-7-15-14(13)16-10-4-3-5-11(8-10)21(2,19)20/h3-8H,1-2H3,(H,15,16)(H,17,18). The molecule has 0 fully saturated rings. The van der Waals surface area contributed by atoms with Crippen LogP contribution in [0.3, 0.4) is 0 Å². The first-order chi connectivity index (χ1) is 9.95. The topological polar surface area (TPSA) is 87.7 Å². The zero-order chi connectivity index (χ0) is 15.0. The van der Waals surface area contributed by atoms with Gasteiger partial charge in [0, 0.05) is 18.1 Å². The summed E-state index contributed by atoms with van der Waals surface area (Å²) in [6.45, 7) is 1.89. The molecule has 0 aliphatic carbocycles. The molecule has 0 unspecified atom stereocenters. The first-order valence-electron chi connectivity index (χ1n) is 6.32. The molecule has 0 saturated carbocycles. The van der Waals surface area contributed by atoms with Gasteiger partial charge in [-0.05, 0) is 31.2 Å². The number of rotatable bonds is 3. The van der Waals surface area contributed by atoms with Gasteiger partial charge in [-0.15, -0.1) is 0 Å². The van der Waals surface area contributed by atoms with Gasteiger partial charge in [-0.1, -0.05) is 6.07 Å². The number of anilines is 2. The van der Waals surface area contributed by atoms with E-state index in [2.05, 4.69) is 20.5 Å². The van der Waals surface area contributed by atoms with Gasteiger partial charge in [0.1, 0.15) is 5.82 Å². The van der Waals surface area contributed by atoms with Crippen molar-refractivity contribution in [3.63, 3.8) is 0 Å². The van der Waals surface area contributed by atoms with Crippen molar-refractivity contribution in [3.05, 3.63) is 42.2 Å². The van der Waals surface area contributed by atoms with Gasteiger partial charge >= 0.3 is 0 Å². The van der Waals surface area contributed by atoms with Gasteiger partial charge in [0.15, 0.2) is 9.84 Å². The van der Waals surface area contributed by atoms with E-state index < -0.39 is 9.84 Å². The Labute approximate surface area is 122 Å². The third-order valence-corrected chi connectivity index (χ3v) is 4.29. The van der Waals surface area contributed by atoms with Gasteiger partial charge in [-0.3, -0.25) is 5.10 Å². The van der Waals surface area contributed by atoms with E-state index in [9.17, 15) is 8.42 Å². The minimum Gasteiger partial charge on any atom is -0.340 e. The summed E-state index contributed by atoms with van der Waals surface area (Å²) in [7, 11) is -3.24. The highest BCUT2D eigenvalue weighted by Gasteiger charge is 2.11. The molecule has 1 aromatic carbocycles. The van der Waals surface area contributed by atoms with E-state index >= 15 is 0 Å². The monoisotopic (exact) mass is 302 g/mol. The van der Waals surface area contributed by atoms with Crippen LogP contribution in [0.1, 0.15) is 5.69 Å². The summed E-state index contributed by atoms with van der Waals surface area (Å²) in [6, 6.07) is 8.49. The number of nitrogens with zero attached hydrogens (tertiary/aromatic N) is 2. The van der Waals surface area contributed by atoms with Crippen molar-refractivity contribution >= 4 is 32.2 Å². The molecule has 0 aliphatic heterocycles. The Bertz CT molecular complexity index is 916. The lowest BCUT2D eigenvalue weighted by atomic mass is 10.2. The maximum Gasteiger partial charge on any atom is 0.175 e. The maximum absolute atomic E-state index is 11.6. The molecule has 3 aromatic rings. The molecule has 108 valence electrons. The van der Waals surface area contributed by atoms with Crippen LogP contribution in [-0.4, -0.2) is 29.9 Å². The summed E-state index contributed by atoms with van der Waals surface area (Å²) in [5, 5.41) is 11.1. The van der Waals surface area contributed by atoms with Crippen LogP contribution in [-0.2, 0) is 9.84 Å². The number of sulfone groups is 1. The Morgan fingerprint density at radius 1 is 1.24 bits per heavy atom. The van der Waals surface area contributed by atoms with E-state index in [1.54, 1.807) is 30.5 Å². The lowest BCUT2D eigenvalue weighted by Gasteiger charge is -2.08. The molecule has 0 spiro atoms. The number of aromatic amines is 1. The molecule has 0 atom stereocenters. The van der Waals surface area contributed by atoms with Crippen molar-refractivity contribution in [2.24, 2.45) is 0 Å². The summed E-state index contributed by atoms with van der Waals surface area (Å²) >= 11 is 0. The normalized spacial score (nSPS) is 11.7. The minimum absolute atomic E-state index is 0.267. The number of H-pyrrole nitrogens is 1. The van der Waals surface area contributed by atoms with Crippen LogP contribution in [0, 0.1) is 6.92 Å². The second-order valence-corrected chi connectivity index (χ2v) is 6.83. The van der Waals surface area contributed by atoms with Crippen molar-refractivity contribution in [1.29, 1.82) is 0 Å². The fraction of sp³-hybridized carbons (Fsp3) is 0.143. The lowest BCUT2D eigenvalue weighted by Crippen LogP contribution is -1.99. The summed E-state index contributed by atoms with van der Waals surface area (Å²) in [4.78, 5) is 4.57. The van der Waals surface area contributed by atoms with Gasteiger partial charge in [-0.2, -0.15) is 5.10 Å². The number of nitrogens with one attached hydrogen (secondary N) is 2. The number of aryl methyl sites for hydroxylation is 1. The molecule has 6 nitrogen and oxygen atoms in total. The van der Waals surface area contributed by atoms with Crippen LogP contribution < -0.4 is 5.32 Å². The van der Waals surface area contributed by atoms with Crippen molar-refractivity contribution in [3.8, 4) is 0 Å². The van der Waals surface area contributed by atoms with E-state index in [0.29, 0.717) is 11.5 Å². The predicted octanol–water partition coefficient (Wildman–Crippen LogP) is 2.41. The number of pyridine rings is 1. The number of hydrogen-bond acceptors (Lipinski definition) is 5. The predicted molar refractivity (Wildman–Crippen MR) is 81.5 cm³/mol. The van der Waals surface area contributed by atoms with Gasteiger partial charge in [0.2, 0.25) is 0 Å². The summed E-state index contributed by atoms with van der Waals surface area (Å²) in [5.41, 5.74) is 2.38. The molecule has 2 N–H and O–H groups in total. The van der Waals surface area contributed by atoms with Crippen LogP contribution in [0.15, 0.2) is 41.4 Å². The smallest absolute Gasteiger partial charge is 0.175 e. The highest BCUT2D eigenvalue weighted by Crippen LogP contribution is 2.26. The highest BCUT2D eigenvalue weighted by molar-refractivity contribution is 7.90. The highest BCUT2D eigenvalue weighted by atomic mass is 32.2. The van der Waals surface area contributed by atoms with E-state index in [-0.39, 0.29) is 4.90 Å². The number of fused-ring (bicyclic) bond motifs is 1. The van der Waals surface area contributed by atoms with Gasteiger partial charge in [0.05, 0.1) is 21.5 Å². The third-order valence-electron chi connectivity index (χ3n) is 3.18. The van der Waals surface area contributed by atoms with Gasteiger partial charge in [-0.25, -0.2) is 13.4 Å². The van der Waals surface area contributed by atoms with Crippen LogP contribution in [0.2, 0.25) is 0 Å². The first-order valence-corrected chi connectivity index (χ1v) is 8.21. The number of hydrogen-bond donors (Lipinski definition) is 2. The minimum atomic E-state index is -3.24. The van der Waals surface area contributed by atoms with Crippen molar-refractivity contribution < 1.29 is 8.42 Å². The van der Waals surface area contributed by atoms with Crippen molar-refractivity contribution in [2.45, 2.75) is 11.8 Å². The number of benzene rings is 1. The number of aromatic nitrogens is 3. The van der Waals surface area contributed by atoms with E-state index in [4.69, 9.17) is 0 Å². The second kappa shape index (κ2) is 4.85. The Balaban J connectivity index is 2.05. The zero-order valence-electron chi connectivity index (χ0n) is 11.6. The molecule has 0 aliphatic rings. The molecule has 2 aromatic heterocycles. The fourth-order valence-corrected chi connectivity index (χ4v) is 2.82. The third kappa shape index (κ3) is 2.59. The van der Waals surface area contributed by atoms with Crippen molar-refractivity contribution in [2.75, 3.05) is 11.6 Å². The zero-order valence-corrected chi connectivity index (χ0v) is 12.4. The fourth-order valence-electron chi connectivity index (χ4n) is 2.16. The average molecular weight is 302 g/mol. The molecule has 0 saturated heterocycles. The maximum atomic E-state index is 11.6. The molecular weight excluding hydrogens is 288 g/mol. The lowest BCUT2D eigenvalue weighted by molar-refractivity contribution is 0.602. The molecule has 0 amide bonds. The van der Waals surface area contributed by atoms with E-state index in [1.165, 1.54) is 6.26 Å². The largest absolute Gasteiger partial charge is 0.340 e.